The molecule has 0 N–H and O–H groups in total. The zero-order chi connectivity index (χ0) is 13.5. The monoisotopic (exact) mass is 254 g/mol. The lowest BCUT2D eigenvalue weighted by Crippen LogP contribution is -2.31. The second-order valence-electron chi connectivity index (χ2n) is 4.81. The molecule has 0 spiro atoms. The fourth-order valence-electron chi connectivity index (χ4n) is 2.40. The molecule has 1 rings (SSSR count). The lowest BCUT2D eigenvalue weighted by molar-refractivity contribution is -0.131. The number of likely N-dealkylation sites (tertiary alicyclic amines) is 1. The normalized spacial score (nSPS) is 19.2. The topological polar surface area (TPSA) is 32.8 Å². The van der Waals surface area contributed by atoms with Gasteiger partial charge >= 0.3 is 0 Å². The van der Waals surface area contributed by atoms with Crippen molar-refractivity contribution in [3.63, 3.8) is 0 Å². The van der Waals surface area contributed by atoms with Gasteiger partial charge in [-0.3, -0.25) is 4.79 Å². The third kappa shape index (κ3) is 3.93. The van der Waals surface area contributed by atoms with Crippen LogP contribution in [0.2, 0.25) is 0 Å². The van der Waals surface area contributed by atoms with Gasteiger partial charge in [0.25, 0.3) is 0 Å². The zero-order valence-electron chi connectivity index (χ0n) is 11.9. The van der Waals surface area contributed by atoms with Gasteiger partial charge in [0.15, 0.2) is 12.6 Å². The van der Waals surface area contributed by atoms with E-state index >= 15 is 0 Å². The smallest absolute Gasteiger partial charge is 0.225 e. The Morgan fingerprint density at radius 2 is 2.11 bits per heavy atom. The van der Waals surface area contributed by atoms with Crippen LogP contribution in [0.4, 0.5) is 0 Å². The standard InChI is InChI=1S/C14H26N2O2/c1-5-8-13-9-14(17)16(10-13)11-18-12(4)15(6-2)7-3/h13H,4-11H2,1-3H3. The maximum Gasteiger partial charge on any atom is 0.225 e. The van der Waals surface area contributed by atoms with Crippen LogP contribution in [0.5, 0.6) is 0 Å². The first-order valence-electron chi connectivity index (χ1n) is 6.96. The first-order chi connectivity index (χ1) is 8.62. The third-order valence-corrected chi connectivity index (χ3v) is 3.49. The Kier molecular flexibility index (Phi) is 6.02. The number of carbonyl (C=O) groups is 1. The Bertz CT molecular complexity index is 288. The number of nitrogens with zero attached hydrogens (tertiary/aromatic N) is 2. The molecular formula is C14H26N2O2. The van der Waals surface area contributed by atoms with E-state index in [1.165, 1.54) is 0 Å². The molecule has 0 bridgehead atoms. The molecule has 1 aliphatic rings. The van der Waals surface area contributed by atoms with E-state index in [4.69, 9.17) is 4.74 Å². The lowest BCUT2D eigenvalue weighted by Gasteiger charge is -2.25. The van der Waals surface area contributed by atoms with Crippen molar-refractivity contribution in [2.24, 2.45) is 5.92 Å². The van der Waals surface area contributed by atoms with Gasteiger partial charge in [-0.05, 0) is 32.8 Å². The van der Waals surface area contributed by atoms with E-state index in [1.807, 2.05) is 4.90 Å². The summed E-state index contributed by atoms with van der Waals surface area (Å²) in [7, 11) is 0. The molecule has 4 heteroatoms. The Labute approximate surface area is 111 Å². The fourth-order valence-corrected chi connectivity index (χ4v) is 2.40. The molecule has 0 aromatic heterocycles. The zero-order valence-corrected chi connectivity index (χ0v) is 11.9. The second-order valence-corrected chi connectivity index (χ2v) is 4.81. The molecule has 1 heterocycles. The summed E-state index contributed by atoms with van der Waals surface area (Å²) in [5.74, 6) is 1.38. The van der Waals surface area contributed by atoms with Gasteiger partial charge < -0.3 is 14.5 Å². The van der Waals surface area contributed by atoms with Crippen LogP contribution in [0.15, 0.2) is 12.5 Å². The first kappa shape index (κ1) is 14.9. The van der Waals surface area contributed by atoms with Crippen LogP contribution in [-0.2, 0) is 9.53 Å². The molecule has 1 amide bonds. The number of amides is 1. The predicted molar refractivity (Wildman–Crippen MR) is 72.7 cm³/mol. The average molecular weight is 254 g/mol. The third-order valence-electron chi connectivity index (χ3n) is 3.49. The van der Waals surface area contributed by atoms with Crippen molar-refractivity contribution in [2.75, 3.05) is 26.4 Å². The van der Waals surface area contributed by atoms with Gasteiger partial charge in [0.1, 0.15) is 0 Å². The van der Waals surface area contributed by atoms with E-state index in [1.54, 1.807) is 4.90 Å². The molecule has 0 radical (unpaired) electrons. The molecule has 1 atom stereocenters. The average Bonchev–Trinajstić information content (AvgIpc) is 2.69. The number of carbonyl (C=O) groups excluding carboxylic acids is 1. The largest absolute Gasteiger partial charge is 0.459 e. The quantitative estimate of drug-likeness (QED) is 0.624. The molecule has 104 valence electrons. The summed E-state index contributed by atoms with van der Waals surface area (Å²) < 4.78 is 5.60. The van der Waals surface area contributed by atoms with E-state index in [2.05, 4.69) is 27.4 Å². The molecule has 18 heavy (non-hydrogen) atoms. The highest BCUT2D eigenvalue weighted by Gasteiger charge is 2.29. The highest BCUT2D eigenvalue weighted by molar-refractivity contribution is 5.78. The highest BCUT2D eigenvalue weighted by atomic mass is 16.5. The maximum atomic E-state index is 11.8. The van der Waals surface area contributed by atoms with Gasteiger partial charge in [0.05, 0.1) is 0 Å². The van der Waals surface area contributed by atoms with Gasteiger partial charge in [-0.15, -0.1) is 0 Å². The molecule has 0 saturated carbocycles. The van der Waals surface area contributed by atoms with Crippen LogP contribution in [0.25, 0.3) is 0 Å². The van der Waals surface area contributed by atoms with Crippen LogP contribution >= 0.6 is 0 Å². The molecule has 1 saturated heterocycles. The lowest BCUT2D eigenvalue weighted by atomic mass is 10.0. The van der Waals surface area contributed by atoms with E-state index in [-0.39, 0.29) is 5.91 Å². The number of ether oxygens (including phenoxy) is 1. The van der Waals surface area contributed by atoms with E-state index in [0.717, 1.165) is 32.5 Å². The van der Waals surface area contributed by atoms with Crippen LogP contribution in [0.3, 0.4) is 0 Å². The SMILES string of the molecule is C=C(OCN1CC(CCC)CC1=O)N(CC)CC. The molecule has 1 unspecified atom stereocenters. The molecule has 0 aromatic rings. The minimum atomic E-state index is 0.209. The molecule has 4 nitrogen and oxygen atoms in total. The van der Waals surface area contributed by atoms with Crippen molar-refractivity contribution in [1.82, 2.24) is 9.80 Å². The Morgan fingerprint density at radius 3 is 2.67 bits per heavy atom. The van der Waals surface area contributed by atoms with Crippen LogP contribution < -0.4 is 0 Å². The summed E-state index contributed by atoms with van der Waals surface area (Å²) >= 11 is 0. The van der Waals surface area contributed by atoms with Crippen LogP contribution in [0.1, 0.15) is 40.0 Å². The van der Waals surface area contributed by atoms with Crippen molar-refractivity contribution >= 4 is 5.91 Å². The number of hydrogen-bond acceptors (Lipinski definition) is 3. The van der Waals surface area contributed by atoms with E-state index in [0.29, 0.717) is 25.0 Å². The Morgan fingerprint density at radius 1 is 1.44 bits per heavy atom. The predicted octanol–water partition coefficient (Wildman–Crippen LogP) is 2.42. The summed E-state index contributed by atoms with van der Waals surface area (Å²) in [6, 6.07) is 0. The van der Waals surface area contributed by atoms with Crippen molar-refractivity contribution in [1.29, 1.82) is 0 Å². The molecule has 0 aromatic carbocycles. The Balaban J connectivity index is 2.35. The van der Waals surface area contributed by atoms with Crippen molar-refractivity contribution in [3.8, 4) is 0 Å². The van der Waals surface area contributed by atoms with Gasteiger partial charge in [-0.25, -0.2) is 0 Å². The van der Waals surface area contributed by atoms with E-state index < -0.39 is 0 Å². The minimum absolute atomic E-state index is 0.209. The minimum Gasteiger partial charge on any atom is -0.459 e. The van der Waals surface area contributed by atoms with Gasteiger partial charge in [0, 0.05) is 26.1 Å². The van der Waals surface area contributed by atoms with Crippen LogP contribution in [0, 0.1) is 5.92 Å². The summed E-state index contributed by atoms with van der Waals surface area (Å²) in [4.78, 5) is 15.6. The molecule has 1 aliphatic heterocycles. The van der Waals surface area contributed by atoms with Crippen molar-refractivity contribution < 1.29 is 9.53 Å². The summed E-state index contributed by atoms with van der Waals surface area (Å²) in [6.07, 6.45) is 2.94. The summed E-state index contributed by atoms with van der Waals surface area (Å²) in [5, 5.41) is 0. The fraction of sp³-hybridized carbons (Fsp3) is 0.786. The molecule has 0 aliphatic carbocycles. The molecule has 1 fully saturated rings. The second kappa shape index (κ2) is 7.29. The van der Waals surface area contributed by atoms with Gasteiger partial charge in [0.2, 0.25) is 5.91 Å². The number of rotatable bonds is 8. The maximum absolute atomic E-state index is 11.8. The van der Waals surface area contributed by atoms with Crippen LogP contribution in [-0.4, -0.2) is 42.1 Å². The van der Waals surface area contributed by atoms with Gasteiger partial charge in [-0.2, -0.15) is 0 Å². The van der Waals surface area contributed by atoms with Crippen molar-refractivity contribution in [3.05, 3.63) is 12.5 Å². The highest BCUT2D eigenvalue weighted by Crippen LogP contribution is 2.22. The first-order valence-corrected chi connectivity index (χ1v) is 6.96. The number of hydrogen-bond donors (Lipinski definition) is 0. The molecular weight excluding hydrogens is 228 g/mol. The Hall–Kier alpha value is -1.19. The summed E-state index contributed by atoms with van der Waals surface area (Å²) in [6.45, 7) is 13.1. The summed E-state index contributed by atoms with van der Waals surface area (Å²) in [5.41, 5.74) is 0. The van der Waals surface area contributed by atoms with E-state index in [9.17, 15) is 4.79 Å². The van der Waals surface area contributed by atoms with Gasteiger partial charge in [-0.1, -0.05) is 13.3 Å². The van der Waals surface area contributed by atoms with Crippen molar-refractivity contribution in [2.45, 2.75) is 40.0 Å².